The Hall–Kier alpha value is -2.61. The second-order valence-corrected chi connectivity index (χ2v) is 6.23. The molecule has 0 aliphatic carbocycles. The van der Waals surface area contributed by atoms with E-state index in [1.807, 2.05) is 19.2 Å². The standard InChI is InChI=1S/C17H23N5O3/c1-11-6-14(25-3)16(19-8-11)17(23)22-10-13(24-2)7-12(22)9-21-5-4-15(18)20-21/h4-6,8,12-13H,7,9-10H2,1-3H3,(H2,18,20)/t12-,13+/m0/s1. The molecule has 134 valence electrons. The first-order valence-electron chi connectivity index (χ1n) is 8.15. The van der Waals surface area contributed by atoms with Gasteiger partial charge in [-0.1, -0.05) is 0 Å². The fourth-order valence-corrected chi connectivity index (χ4v) is 3.16. The molecule has 3 rings (SSSR count). The molecule has 0 unspecified atom stereocenters. The summed E-state index contributed by atoms with van der Waals surface area (Å²) in [7, 11) is 3.20. The maximum atomic E-state index is 13.1. The number of methoxy groups -OCH3 is 2. The second kappa shape index (κ2) is 7.10. The Bertz CT molecular complexity index is 760. The average Bonchev–Trinajstić information content (AvgIpc) is 3.20. The average molecular weight is 345 g/mol. The van der Waals surface area contributed by atoms with Gasteiger partial charge in [0.2, 0.25) is 0 Å². The molecule has 2 atom stereocenters. The van der Waals surface area contributed by atoms with E-state index in [4.69, 9.17) is 15.2 Å². The number of rotatable bonds is 5. The van der Waals surface area contributed by atoms with E-state index in [1.54, 1.807) is 36.1 Å². The van der Waals surface area contributed by atoms with Crippen LogP contribution in [0.2, 0.25) is 0 Å². The molecule has 1 aliphatic rings. The number of pyridine rings is 1. The number of carbonyl (C=O) groups excluding carboxylic acids is 1. The van der Waals surface area contributed by atoms with E-state index >= 15 is 0 Å². The fraction of sp³-hybridized carbons (Fsp3) is 0.471. The summed E-state index contributed by atoms with van der Waals surface area (Å²) in [5, 5.41) is 4.21. The van der Waals surface area contributed by atoms with Crippen LogP contribution in [0, 0.1) is 6.92 Å². The van der Waals surface area contributed by atoms with Crippen LogP contribution < -0.4 is 10.5 Å². The third kappa shape index (κ3) is 3.58. The van der Waals surface area contributed by atoms with Crippen LogP contribution in [0.25, 0.3) is 0 Å². The van der Waals surface area contributed by atoms with Gasteiger partial charge in [-0.25, -0.2) is 4.98 Å². The van der Waals surface area contributed by atoms with Gasteiger partial charge in [0.25, 0.3) is 5.91 Å². The number of aryl methyl sites for hydroxylation is 1. The first-order chi connectivity index (χ1) is 12.0. The molecule has 0 bridgehead atoms. The number of amides is 1. The summed E-state index contributed by atoms with van der Waals surface area (Å²) >= 11 is 0. The largest absolute Gasteiger partial charge is 0.494 e. The Morgan fingerprint density at radius 3 is 2.88 bits per heavy atom. The number of carbonyl (C=O) groups is 1. The summed E-state index contributed by atoms with van der Waals surface area (Å²) in [6.07, 6.45) is 4.19. The van der Waals surface area contributed by atoms with E-state index in [-0.39, 0.29) is 18.1 Å². The lowest BCUT2D eigenvalue weighted by atomic mass is 10.2. The van der Waals surface area contributed by atoms with Gasteiger partial charge < -0.3 is 20.1 Å². The Morgan fingerprint density at radius 2 is 2.24 bits per heavy atom. The Labute approximate surface area is 146 Å². The quantitative estimate of drug-likeness (QED) is 0.872. The van der Waals surface area contributed by atoms with Crippen molar-refractivity contribution < 1.29 is 14.3 Å². The molecular formula is C17H23N5O3. The summed E-state index contributed by atoms with van der Waals surface area (Å²) in [4.78, 5) is 19.2. The minimum absolute atomic E-state index is 0.0155. The lowest BCUT2D eigenvalue weighted by Gasteiger charge is -2.24. The van der Waals surface area contributed by atoms with E-state index in [9.17, 15) is 4.79 Å². The first kappa shape index (κ1) is 17.2. The highest BCUT2D eigenvalue weighted by atomic mass is 16.5. The molecule has 0 radical (unpaired) electrons. The van der Waals surface area contributed by atoms with Crippen LogP contribution in [-0.4, -0.2) is 58.5 Å². The van der Waals surface area contributed by atoms with E-state index in [2.05, 4.69) is 10.1 Å². The molecule has 25 heavy (non-hydrogen) atoms. The summed E-state index contributed by atoms with van der Waals surface area (Å²) in [6, 6.07) is 3.50. The van der Waals surface area contributed by atoms with Gasteiger partial charge in [-0.3, -0.25) is 9.48 Å². The smallest absolute Gasteiger partial charge is 0.276 e. The second-order valence-electron chi connectivity index (χ2n) is 6.23. The van der Waals surface area contributed by atoms with Crippen molar-refractivity contribution in [3.63, 3.8) is 0 Å². The monoisotopic (exact) mass is 345 g/mol. The van der Waals surface area contributed by atoms with Crippen LogP contribution in [0.3, 0.4) is 0 Å². The van der Waals surface area contributed by atoms with Crippen molar-refractivity contribution in [1.29, 1.82) is 0 Å². The Morgan fingerprint density at radius 1 is 1.44 bits per heavy atom. The van der Waals surface area contributed by atoms with Gasteiger partial charge in [-0.05, 0) is 31.0 Å². The van der Waals surface area contributed by atoms with Crippen molar-refractivity contribution in [3.05, 3.63) is 35.8 Å². The molecule has 2 aromatic heterocycles. The van der Waals surface area contributed by atoms with E-state index in [0.29, 0.717) is 30.4 Å². The van der Waals surface area contributed by atoms with Crippen LogP contribution in [0.1, 0.15) is 22.5 Å². The maximum absolute atomic E-state index is 13.1. The van der Waals surface area contributed by atoms with Crippen molar-refractivity contribution in [1.82, 2.24) is 19.7 Å². The zero-order chi connectivity index (χ0) is 18.0. The van der Waals surface area contributed by atoms with Gasteiger partial charge in [0.05, 0.1) is 25.8 Å². The van der Waals surface area contributed by atoms with Gasteiger partial charge in [-0.15, -0.1) is 0 Å². The molecule has 2 aromatic rings. The molecule has 0 aromatic carbocycles. The summed E-state index contributed by atoms with van der Waals surface area (Å²) in [6.45, 7) is 2.97. The molecule has 1 fully saturated rings. The van der Waals surface area contributed by atoms with Crippen molar-refractivity contribution in [2.45, 2.75) is 32.0 Å². The number of nitrogen functional groups attached to an aromatic ring is 1. The number of likely N-dealkylation sites (tertiary alicyclic amines) is 1. The number of ether oxygens (including phenoxy) is 2. The number of aromatic nitrogens is 3. The molecule has 0 saturated carbocycles. The maximum Gasteiger partial charge on any atom is 0.276 e. The highest BCUT2D eigenvalue weighted by molar-refractivity contribution is 5.95. The van der Waals surface area contributed by atoms with Crippen LogP contribution in [-0.2, 0) is 11.3 Å². The number of nitrogens with zero attached hydrogens (tertiary/aromatic N) is 4. The minimum Gasteiger partial charge on any atom is -0.494 e. The highest BCUT2D eigenvalue weighted by Crippen LogP contribution is 2.26. The third-order valence-electron chi connectivity index (χ3n) is 4.44. The lowest BCUT2D eigenvalue weighted by molar-refractivity contribution is 0.0669. The Kier molecular flexibility index (Phi) is 4.89. The number of hydrogen-bond donors (Lipinski definition) is 1. The van der Waals surface area contributed by atoms with Crippen molar-refractivity contribution >= 4 is 11.7 Å². The van der Waals surface area contributed by atoms with Crippen LogP contribution in [0.5, 0.6) is 5.75 Å². The third-order valence-corrected chi connectivity index (χ3v) is 4.44. The zero-order valence-electron chi connectivity index (χ0n) is 14.7. The Balaban J connectivity index is 1.85. The topological polar surface area (TPSA) is 95.5 Å². The van der Waals surface area contributed by atoms with E-state index in [1.165, 1.54) is 0 Å². The number of nitrogens with two attached hydrogens (primary N) is 1. The minimum atomic E-state index is -0.165. The van der Waals surface area contributed by atoms with Crippen molar-refractivity contribution in [3.8, 4) is 5.75 Å². The van der Waals surface area contributed by atoms with Crippen LogP contribution >= 0.6 is 0 Å². The SMILES string of the molecule is COc1cc(C)cnc1C(=O)N1C[C@H](OC)C[C@H]1Cn1ccc(N)n1. The summed E-state index contributed by atoms with van der Waals surface area (Å²) in [5.74, 6) is 0.774. The predicted molar refractivity (Wildman–Crippen MR) is 92.4 cm³/mol. The molecule has 8 nitrogen and oxygen atoms in total. The summed E-state index contributed by atoms with van der Waals surface area (Å²) in [5.41, 5.74) is 6.93. The van der Waals surface area contributed by atoms with E-state index in [0.717, 1.165) is 12.0 Å². The van der Waals surface area contributed by atoms with Crippen LogP contribution in [0.4, 0.5) is 5.82 Å². The molecule has 1 aliphatic heterocycles. The van der Waals surface area contributed by atoms with Gasteiger partial charge in [0.1, 0.15) is 11.6 Å². The molecular weight excluding hydrogens is 322 g/mol. The normalized spacial score (nSPS) is 20.0. The van der Waals surface area contributed by atoms with Crippen molar-refractivity contribution in [2.24, 2.45) is 0 Å². The molecule has 1 saturated heterocycles. The first-order valence-corrected chi connectivity index (χ1v) is 8.15. The predicted octanol–water partition coefficient (Wildman–Crippen LogP) is 1.11. The van der Waals surface area contributed by atoms with Gasteiger partial charge in [0.15, 0.2) is 5.69 Å². The molecule has 0 spiro atoms. The zero-order valence-corrected chi connectivity index (χ0v) is 14.7. The van der Waals surface area contributed by atoms with Gasteiger partial charge >= 0.3 is 0 Å². The van der Waals surface area contributed by atoms with Crippen molar-refractivity contribution in [2.75, 3.05) is 26.5 Å². The van der Waals surface area contributed by atoms with Gasteiger partial charge in [0, 0.05) is 26.0 Å². The molecule has 1 amide bonds. The lowest BCUT2D eigenvalue weighted by Crippen LogP contribution is -2.39. The fourth-order valence-electron chi connectivity index (χ4n) is 3.16. The number of anilines is 1. The molecule has 3 heterocycles. The highest BCUT2D eigenvalue weighted by Gasteiger charge is 2.37. The molecule has 8 heteroatoms. The van der Waals surface area contributed by atoms with Crippen LogP contribution in [0.15, 0.2) is 24.5 Å². The number of hydrogen-bond acceptors (Lipinski definition) is 6. The van der Waals surface area contributed by atoms with Gasteiger partial charge in [-0.2, -0.15) is 5.10 Å². The van der Waals surface area contributed by atoms with E-state index < -0.39 is 0 Å². The summed E-state index contributed by atoms with van der Waals surface area (Å²) < 4.78 is 12.6. The molecule has 2 N–H and O–H groups in total.